The van der Waals surface area contributed by atoms with E-state index in [-0.39, 0.29) is 17.8 Å². The summed E-state index contributed by atoms with van der Waals surface area (Å²) in [6.07, 6.45) is 4.94. The molecule has 0 saturated heterocycles. The minimum atomic E-state index is -0.221. The standard InChI is InChI=1S/C25H29NO2/c1-5-14-26-16-23(20-12-10-19(6-2)11-13-20)25(27)24(17-26)21-8-7-9-22(15-21)28-18(3)4/h5,7-13,15-16,18,24H,1,6,14,17H2,2-4H3. The fourth-order valence-electron chi connectivity index (χ4n) is 3.57. The van der Waals surface area contributed by atoms with Crippen LogP contribution in [0.15, 0.2) is 67.4 Å². The predicted molar refractivity (Wildman–Crippen MR) is 116 cm³/mol. The monoisotopic (exact) mass is 375 g/mol. The number of ether oxygens (including phenoxy) is 1. The van der Waals surface area contributed by atoms with Gasteiger partial charge in [-0.05, 0) is 49.1 Å². The van der Waals surface area contributed by atoms with Gasteiger partial charge in [0.05, 0.1) is 12.0 Å². The summed E-state index contributed by atoms with van der Waals surface area (Å²) in [6.45, 7) is 11.4. The Labute approximate surface area is 168 Å². The lowest BCUT2D eigenvalue weighted by Gasteiger charge is -2.31. The minimum Gasteiger partial charge on any atom is -0.491 e. The van der Waals surface area contributed by atoms with Crippen LogP contribution in [-0.4, -0.2) is 29.9 Å². The van der Waals surface area contributed by atoms with Crippen LogP contribution in [0.1, 0.15) is 43.4 Å². The predicted octanol–water partition coefficient (Wildman–Crippen LogP) is 5.23. The number of hydrogen-bond donors (Lipinski definition) is 0. The topological polar surface area (TPSA) is 29.5 Å². The first kappa shape index (κ1) is 19.9. The van der Waals surface area contributed by atoms with Crippen LogP contribution in [0.2, 0.25) is 0 Å². The van der Waals surface area contributed by atoms with E-state index >= 15 is 0 Å². The van der Waals surface area contributed by atoms with Gasteiger partial charge in [-0.1, -0.05) is 49.4 Å². The third-order valence-corrected chi connectivity index (χ3v) is 4.98. The number of nitrogens with zero attached hydrogens (tertiary/aromatic N) is 1. The third kappa shape index (κ3) is 4.53. The van der Waals surface area contributed by atoms with Crippen molar-refractivity contribution in [2.24, 2.45) is 0 Å². The summed E-state index contributed by atoms with van der Waals surface area (Å²) < 4.78 is 5.84. The SMILES string of the molecule is C=CCN1C=C(c2ccc(CC)cc2)C(=O)C(c2cccc(OC(C)C)c2)C1. The van der Waals surface area contributed by atoms with Crippen LogP contribution in [0.3, 0.4) is 0 Å². The Morgan fingerprint density at radius 1 is 1.21 bits per heavy atom. The Morgan fingerprint density at radius 3 is 2.61 bits per heavy atom. The van der Waals surface area contributed by atoms with E-state index in [4.69, 9.17) is 4.74 Å². The molecule has 0 saturated carbocycles. The summed E-state index contributed by atoms with van der Waals surface area (Å²) in [4.78, 5) is 15.6. The van der Waals surface area contributed by atoms with Crippen molar-refractivity contribution in [3.63, 3.8) is 0 Å². The van der Waals surface area contributed by atoms with E-state index in [1.54, 1.807) is 0 Å². The van der Waals surface area contributed by atoms with Gasteiger partial charge < -0.3 is 9.64 Å². The molecule has 0 spiro atoms. The number of carbonyl (C=O) groups excluding carboxylic acids is 1. The molecule has 0 N–H and O–H groups in total. The summed E-state index contributed by atoms with van der Waals surface area (Å²) >= 11 is 0. The van der Waals surface area contributed by atoms with E-state index in [0.717, 1.165) is 28.9 Å². The zero-order valence-electron chi connectivity index (χ0n) is 17.0. The Morgan fingerprint density at radius 2 is 1.96 bits per heavy atom. The van der Waals surface area contributed by atoms with Gasteiger partial charge in [0, 0.05) is 24.9 Å². The lowest BCUT2D eigenvalue weighted by molar-refractivity contribution is -0.115. The van der Waals surface area contributed by atoms with Gasteiger partial charge in [0.2, 0.25) is 0 Å². The number of carbonyl (C=O) groups is 1. The van der Waals surface area contributed by atoms with Gasteiger partial charge in [-0.25, -0.2) is 0 Å². The largest absolute Gasteiger partial charge is 0.491 e. The molecule has 0 fully saturated rings. The van der Waals surface area contributed by atoms with E-state index in [1.165, 1.54) is 5.56 Å². The highest BCUT2D eigenvalue weighted by molar-refractivity contribution is 6.24. The van der Waals surface area contributed by atoms with Gasteiger partial charge in [-0.3, -0.25) is 4.79 Å². The highest BCUT2D eigenvalue weighted by Crippen LogP contribution is 2.33. The second kappa shape index (κ2) is 8.92. The fourth-order valence-corrected chi connectivity index (χ4v) is 3.57. The highest BCUT2D eigenvalue weighted by atomic mass is 16.5. The zero-order valence-corrected chi connectivity index (χ0v) is 17.0. The van der Waals surface area contributed by atoms with E-state index in [9.17, 15) is 4.79 Å². The summed E-state index contributed by atoms with van der Waals surface area (Å²) in [6, 6.07) is 16.2. The third-order valence-electron chi connectivity index (χ3n) is 4.98. The molecule has 3 nitrogen and oxygen atoms in total. The molecule has 3 heteroatoms. The molecule has 2 aromatic rings. The van der Waals surface area contributed by atoms with Crippen LogP contribution >= 0.6 is 0 Å². The number of aryl methyl sites for hydroxylation is 1. The maximum absolute atomic E-state index is 13.4. The molecule has 1 aliphatic heterocycles. The van der Waals surface area contributed by atoms with Gasteiger partial charge in [0.25, 0.3) is 0 Å². The van der Waals surface area contributed by atoms with Crippen molar-refractivity contribution in [3.05, 3.63) is 84.1 Å². The maximum Gasteiger partial charge on any atom is 0.174 e. The number of benzene rings is 2. The average Bonchev–Trinajstić information content (AvgIpc) is 2.69. The molecule has 0 bridgehead atoms. The Hall–Kier alpha value is -2.81. The quantitative estimate of drug-likeness (QED) is 0.621. The van der Waals surface area contributed by atoms with Crippen molar-refractivity contribution in [3.8, 4) is 5.75 Å². The number of rotatable bonds is 7. The molecule has 0 aromatic heterocycles. The van der Waals surface area contributed by atoms with Crippen LogP contribution in [0.5, 0.6) is 5.75 Å². The molecule has 1 aliphatic rings. The van der Waals surface area contributed by atoms with Crippen LogP contribution in [0.25, 0.3) is 5.57 Å². The Balaban J connectivity index is 1.95. The average molecular weight is 376 g/mol. The van der Waals surface area contributed by atoms with Gasteiger partial charge in [0.15, 0.2) is 5.78 Å². The fraction of sp³-hybridized carbons (Fsp3) is 0.320. The normalized spacial score (nSPS) is 16.9. The molecule has 1 atom stereocenters. The van der Waals surface area contributed by atoms with Crippen molar-refractivity contribution < 1.29 is 9.53 Å². The molecular weight excluding hydrogens is 346 g/mol. The molecule has 2 aromatic carbocycles. The van der Waals surface area contributed by atoms with Crippen LogP contribution in [0.4, 0.5) is 0 Å². The minimum absolute atomic E-state index is 0.0992. The van der Waals surface area contributed by atoms with Crippen molar-refractivity contribution in [2.75, 3.05) is 13.1 Å². The first-order chi connectivity index (χ1) is 13.5. The lowest BCUT2D eigenvalue weighted by Crippen LogP contribution is -2.34. The number of ketones is 1. The van der Waals surface area contributed by atoms with Crippen LogP contribution in [-0.2, 0) is 11.2 Å². The Kier molecular flexibility index (Phi) is 6.35. The van der Waals surface area contributed by atoms with Crippen molar-refractivity contribution in [2.45, 2.75) is 39.2 Å². The molecule has 3 rings (SSSR count). The number of hydrogen-bond acceptors (Lipinski definition) is 3. The second-order valence-electron chi connectivity index (χ2n) is 7.49. The second-order valence-corrected chi connectivity index (χ2v) is 7.49. The van der Waals surface area contributed by atoms with Crippen molar-refractivity contribution in [1.82, 2.24) is 4.90 Å². The van der Waals surface area contributed by atoms with Crippen LogP contribution < -0.4 is 4.74 Å². The smallest absolute Gasteiger partial charge is 0.174 e. The Bertz CT molecular complexity index is 864. The zero-order chi connectivity index (χ0) is 20.1. The van der Waals surface area contributed by atoms with E-state index in [2.05, 4.69) is 42.7 Å². The lowest BCUT2D eigenvalue weighted by atomic mass is 9.85. The van der Waals surface area contributed by atoms with E-state index < -0.39 is 0 Å². The van der Waals surface area contributed by atoms with E-state index in [1.807, 2.05) is 50.4 Å². The van der Waals surface area contributed by atoms with Gasteiger partial charge in [-0.2, -0.15) is 0 Å². The molecule has 1 unspecified atom stereocenters. The maximum atomic E-state index is 13.4. The van der Waals surface area contributed by atoms with Crippen molar-refractivity contribution >= 4 is 11.4 Å². The first-order valence-corrected chi connectivity index (χ1v) is 9.98. The molecule has 146 valence electrons. The van der Waals surface area contributed by atoms with Crippen molar-refractivity contribution in [1.29, 1.82) is 0 Å². The van der Waals surface area contributed by atoms with Gasteiger partial charge >= 0.3 is 0 Å². The molecule has 0 radical (unpaired) electrons. The van der Waals surface area contributed by atoms with Gasteiger partial charge in [-0.15, -0.1) is 6.58 Å². The van der Waals surface area contributed by atoms with E-state index in [0.29, 0.717) is 13.1 Å². The summed E-state index contributed by atoms with van der Waals surface area (Å²) in [5, 5.41) is 0. The first-order valence-electron chi connectivity index (χ1n) is 9.98. The van der Waals surface area contributed by atoms with Gasteiger partial charge in [0.1, 0.15) is 5.75 Å². The number of Topliss-reactive ketones (excluding diaryl/α,β-unsaturated/α-hetero) is 1. The molecule has 1 heterocycles. The summed E-state index contributed by atoms with van der Waals surface area (Å²) in [7, 11) is 0. The molecule has 28 heavy (non-hydrogen) atoms. The molecule has 0 aliphatic carbocycles. The summed E-state index contributed by atoms with van der Waals surface area (Å²) in [5.74, 6) is 0.742. The molecular formula is C25H29NO2. The molecule has 0 amide bonds. The van der Waals surface area contributed by atoms with Crippen LogP contribution in [0, 0.1) is 0 Å². The highest BCUT2D eigenvalue weighted by Gasteiger charge is 2.31. The number of allylic oxidation sites excluding steroid dienone is 1. The summed E-state index contributed by atoms with van der Waals surface area (Å²) in [5.41, 5.74) is 3.99.